The van der Waals surface area contributed by atoms with Gasteiger partial charge in [-0.25, -0.2) is 9.78 Å². The van der Waals surface area contributed by atoms with Crippen LogP contribution in [-0.2, 0) is 4.79 Å². The molecule has 112 valence electrons. The highest BCUT2D eigenvalue weighted by Gasteiger charge is 2.48. The first-order chi connectivity index (χ1) is 10.1. The van der Waals surface area contributed by atoms with Crippen LogP contribution in [0.4, 0.5) is 0 Å². The molecule has 1 saturated heterocycles. The minimum absolute atomic E-state index is 0.0271. The highest BCUT2D eigenvalue weighted by molar-refractivity contribution is 8.00. The lowest BCUT2D eigenvalue weighted by Gasteiger charge is -2.27. The lowest BCUT2D eigenvalue weighted by Crippen LogP contribution is -2.46. The largest absolute Gasteiger partial charge is 0.481 e. The van der Waals surface area contributed by atoms with Gasteiger partial charge in [0.1, 0.15) is 6.04 Å². The quantitative estimate of drug-likeness (QED) is 0.907. The molecule has 0 spiro atoms. The van der Waals surface area contributed by atoms with Gasteiger partial charge in [0.2, 0.25) is 5.88 Å². The molecule has 2 unspecified atom stereocenters. The molecule has 1 saturated carbocycles. The van der Waals surface area contributed by atoms with E-state index in [1.807, 2.05) is 0 Å². The van der Waals surface area contributed by atoms with Gasteiger partial charge in [-0.1, -0.05) is 0 Å². The van der Waals surface area contributed by atoms with Crippen LogP contribution in [0.2, 0.25) is 0 Å². The Hall–Kier alpha value is -1.76. The van der Waals surface area contributed by atoms with Crippen molar-refractivity contribution in [1.82, 2.24) is 9.88 Å². The molecule has 0 aromatic carbocycles. The number of carbonyl (C=O) groups excluding carboxylic acids is 1. The average molecular weight is 308 g/mol. The second kappa shape index (κ2) is 5.55. The smallest absolute Gasteiger partial charge is 0.327 e. The van der Waals surface area contributed by atoms with Crippen LogP contribution in [0.25, 0.3) is 0 Å². The van der Waals surface area contributed by atoms with E-state index in [9.17, 15) is 14.7 Å². The zero-order valence-corrected chi connectivity index (χ0v) is 12.4. The molecule has 0 radical (unpaired) electrons. The summed E-state index contributed by atoms with van der Waals surface area (Å²) in [5.41, 5.74) is 0.398. The number of thioether (sulfide) groups is 1. The van der Waals surface area contributed by atoms with Crippen molar-refractivity contribution in [3.63, 3.8) is 0 Å². The van der Waals surface area contributed by atoms with E-state index in [1.165, 1.54) is 18.2 Å². The van der Waals surface area contributed by atoms with Crippen molar-refractivity contribution in [1.29, 1.82) is 0 Å². The Bertz CT molecular complexity index is 559. The molecule has 6 nitrogen and oxygen atoms in total. The zero-order chi connectivity index (χ0) is 15.0. The summed E-state index contributed by atoms with van der Waals surface area (Å²) in [5.74, 6) is 0.0940. The van der Waals surface area contributed by atoms with Crippen LogP contribution < -0.4 is 4.74 Å². The Morgan fingerprint density at radius 3 is 2.71 bits per heavy atom. The predicted octanol–water partition coefficient (Wildman–Crippen LogP) is 1.47. The Morgan fingerprint density at radius 1 is 1.43 bits per heavy atom. The molecule has 1 aromatic rings. The topological polar surface area (TPSA) is 79.7 Å². The number of rotatable bonds is 4. The number of hydrogen-bond acceptors (Lipinski definition) is 5. The van der Waals surface area contributed by atoms with E-state index in [0.717, 1.165) is 12.8 Å². The maximum atomic E-state index is 12.7. The van der Waals surface area contributed by atoms with Crippen LogP contribution in [0, 0.1) is 5.92 Å². The van der Waals surface area contributed by atoms with Crippen LogP contribution in [-0.4, -0.2) is 51.1 Å². The van der Waals surface area contributed by atoms with E-state index in [4.69, 9.17) is 4.74 Å². The van der Waals surface area contributed by atoms with Crippen LogP contribution in [0.15, 0.2) is 18.3 Å². The predicted molar refractivity (Wildman–Crippen MR) is 77.4 cm³/mol. The first-order valence-electron chi connectivity index (χ1n) is 6.79. The SMILES string of the molecule is COc1ccc(C(=O)N2C(C(=O)O)CSC2C2CC2)cn1. The number of carboxylic acids is 1. The molecular weight excluding hydrogens is 292 g/mol. The number of pyridine rings is 1. The Labute approximate surface area is 126 Å². The van der Waals surface area contributed by atoms with Gasteiger partial charge in [-0.3, -0.25) is 4.79 Å². The van der Waals surface area contributed by atoms with E-state index >= 15 is 0 Å². The summed E-state index contributed by atoms with van der Waals surface area (Å²) in [5, 5.41) is 9.31. The third-order valence-corrected chi connectivity index (χ3v) is 5.23. The maximum Gasteiger partial charge on any atom is 0.327 e. The number of ether oxygens (including phenoxy) is 1. The third-order valence-electron chi connectivity index (χ3n) is 3.77. The number of carbonyl (C=O) groups is 2. The number of carboxylic acid groups (broad SMARTS) is 1. The number of aromatic nitrogens is 1. The molecule has 21 heavy (non-hydrogen) atoms. The summed E-state index contributed by atoms with van der Waals surface area (Å²) >= 11 is 1.57. The fourth-order valence-corrected chi connectivity index (χ4v) is 4.13. The number of nitrogens with zero attached hydrogens (tertiary/aromatic N) is 2. The summed E-state index contributed by atoms with van der Waals surface area (Å²) in [6.45, 7) is 0. The fourth-order valence-electron chi connectivity index (χ4n) is 2.50. The van der Waals surface area contributed by atoms with Crippen molar-refractivity contribution in [2.75, 3.05) is 12.9 Å². The van der Waals surface area contributed by atoms with Crippen molar-refractivity contribution < 1.29 is 19.4 Å². The minimum atomic E-state index is -0.944. The fraction of sp³-hybridized carbons (Fsp3) is 0.500. The second-order valence-electron chi connectivity index (χ2n) is 5.22. The van der Waals surface area contributed by atoms with E-state index in [-0.39, 0.29) is 11.3 Å². The Balaban J connectivity index is 1.86. The molecular formula is C14H16N2O4S. The lowest BCUT2D eigenvalue weighted by molar-refractivity contribution is -0.141. The van der Waals surface area contributed by atoms with Crippen molar-refractivity contribution in [2.45, 2.75) is 24.3 Å². The molecule has 2 aliphatic rings. The van der Waals surface area contributed by atoms with Crippen LogP contribution in [0.5, 0.6) is 5.88 Å². The Morgan fingerprint density at radius 2 is 2.19 bits per heavy atom. The summed E-state index contributed by atoms with van der Waals surface area (Å²) in [4.78, 5) is 29.6. The lowest BCUT2D eigenvalue weighted by atomic mass is 10.2. The summed E-state index contributed by atoms with van der Waals surface area (Å²) in [7, 11) is 1.50. The first kappa shape index (κ1) is 14.2. The van der Waals surface area contributed by atoms with E-state index in [1.54, 1.807) is 23.9 Å². The monoisotopic (exact) mass is 308 g/mol. The Kier molecular flexibility index (Phi) is 3.75. The highest BCUT2D eigenvalue weighted by atomic mass is 32.2. The van der Waals surface area contributed by atoms with Gasteiger partial charge in [-0.2, -0.15) is 0 Å². The molecule has 1 aliphatic carbocycles. The first-order valence-corrected chi connectivity index (χ1v) is 7.84. The summed E-state index contributed by atoms with van der Waals surface area (Å²) in [6.07, 6.45) is 3.57. The molecule has 1 aromatic heterocycles. The van der Waals surface area contributed by atoms with Gasteiger partial charge in [0.15, 0.2) is 0 Å². The van der Waals surface area contributed by atoms with Gasteiger partial charge in [0.05, 0.1) is 18.0 Å². The van der Waals surface area contributed by atoms with Crippen molar-refractivity contribution in [2.24, 2.45) is 5.92 Å². The van der Waals surface area contributed by atoms with Crippen molar-refractivity contribution in [3.8, 4) is 5.88 Å². The number of aliphatic carboxylic acids is 1. The minimum Gasteiger partial charge on any atom is -0.481 e. The normalized spacial score (nSPS) is 24.9. The molecule has 1 N–H and O–H groups in total. The third kappa shape index (κ3) is 2.70. The standard InChI is InChI=1S/C14H16N2O4S/c1-20-11-5-4-9(6-15-11)12(17)16-10(14(18)19)7-21-13(16)8-2-3-8/h4-6,8,10,13H,2-3,7H2,1H3,(H,18,19). The summed E-state index contributed by atoms with van der Waals surface area (Å²) in [6, 6.07) is 2.48. The van der Waals surface area contributed by atoms with E-state index in [2.05, 4.69) is 4.98 Å². The van der Waals surface area contributed by atoms with Gasteiger partial charge in [-0.15, -0.1) is 11.8 Å². The van der Waals surface area contributed by atoms with Crippen LogP contribution in [0.3, 0.4) is 0 Å². The molecule has 1 aliphatic heterocycles. The van der Waals surface area contributed by atoms with Crippen molar-refractivity contribution in [3.05, 3.63) is 23.9 Å². The van der Waals surface area contributed by atoms with Gasteiger partial charge >= 0.3 is 5.97 Å². The summed E-state index contributed by atoms with van der Waals surface area (Å²) < 4.78 is 4.97. The maximum absolute atomic E-state index is 12.7. The number of methoxy groups -OCH3 is 1. The highest BCUT2D eigenvalue weighted by Crippen LogP contribution is 2.45. The average Bonchev–Trinajstić information content (AvgIpc) is 3.24. The number of amides is 1. The second-order valence-corrected chi connectivity index (χ2v) is 6.37. The van der Waals surface area contributed by atoms with Crippen LogP contribution >= 0.6 is 11.8 Å². The molecule has 7 heteroatoms. The molecule has 0 bridgehead atoms. The molecule has 2 atom stereocenters. The zero-order valence-electron chi connectivity index (χ0n) is 11.6. The van der Waals surface area contributed by atoms with Crippen LogP contribution in [0.1, 0.15) is 23.2 Å². The van der Waals surface area contributed by atoms with Crippen molar-refractivity contribution >= 4 is 23.6 Å². The van der Waals surface area contributed by atoms with E-state index in [0.29, 0.717) is 23.1 Å². The van der Waals surface area contributed by atoms with Gasteiger partial charge < -0.3 is 14.7 Å². The molecule has 1 amide bonds. The van der Waals surface area contributed by atoms with Gasteiger partial charge in [-0.05, 0) is 24.8 Å². The molecule has 2 heterocycles. The van der Waals surface area contributed by atoms with Gasteiger partial charge in [0.25, 0.3) is 5.91 Å². The molecule has 2 fully saturated rings. The number of hydrogen-bond donors (Lipinski definition) is 1. The van der Waals surface area contributed by atoms with Gasteiger partial charge in [0, 0.05) is 18.0 Å². The van der Waals surface area contributed by atoms with E-state index < -0.39 is 12.0 Å². The molecule has 3 rings (SSSR count).